The molecule has 2 aliphatic heterocycles. The van der Waals surface area contributed by atoms with Crippen molar-refractivity contribution in [2.75, 3.05) is 51.9 Å². The Morgan fingerprint density at radius 2 is 0.939 bits per heavy atom. The lowest BCUT2D eigenvalue weighted by Gasteiger charge is -2.32. The largest absolute Gasteiger partial charge is 0.493 e. The molecule has 2 saturated carbocycles. The van der Waals surface area contributed by atoms with E-state index in [-0.39, 0.29) is 26.2 Å². The Kier molecular flexibility index (Phi) is 17.8. The van der Waals surface area contributed by atoms with Crippen LogP contribution >= 0.6 is 58.7 Å². The van der Waals surface area contributed by atoms with Gasteiger partial charge in [-0.05, 0) is 160 Å². The highest BCUT2D eigenvalue weighted by Gasteiger charge is 2.32. The zero-order valence-corrected chi connectivity index (χ0v) is 40.5. The predicted molar refractivity (Wildman–Crippen MR) is 253 cm³/mol. The first kappa shape index (κ1) is 50.4. The number of hydrogen-bond donors (Lipinski definition) is 2. The number of carbonyl (C=O) groups is 2. The summed E-state index contributed by atoms with van der Waals surface area (Å²) in [4.78, 5) is 28.7. The van der Waals surface area contributed by atoms with E-state index in [9.17, 15) is 31.5 Å². The first-order chi connectivity index (χ1) is 31.7. The van der Waals surface area contributed by atoms with Gasteiger partial charge in [-0.2, -0.15) is 0 Å². The first-order valence-electron chi connectivity index (χ1n) is 22.0. The van der Waals surface area contributed by atoms with Gasteiger partial charge >= 0.3 is 0 Å². The molecule has 4 aliphatic rings. The summed E-state index contributed by atoms with van der Waals surface area (Å²) in [6.45, 7) is 5.48. The van der Waals surface area contributed by atoms with Gasteiger partial charge in [0.2, 0.25) is 0 Å². The number of rotatable bonds is 16. The number of likely N-dealkylation sites (tertiary alicyclic amines) is 2. The minimum Gasteiger partial charge on any atom is -0.493 e. The molecule has 2 aliphatic carbocycles. The SMILES string of the molecule is CSNC(=O)c1cc(C2CC2)c(OCC2CCN(Cc3cc(Cl)c(F)c(Cl)c3)CC2)cc1F.CSNC(=O)c1cc(C2CC2)c(OCC2CCN(Cc3cc(F)c(F)c(Cl)c3)CC2)cc1F. The lowest BCUT2D eigenvalue weighted by atomic mass is 9.97. The minimum absolute atomic E-state index is 0.0384. The quantitative estimate of drug-likeness (QED) is 0.0653. The number of benzene rings is 4. The van der Waals surface area contributed by atoms with Gasteiger partial charge in [0, 0.05) is 37.7 Å². The molecule has 0 unspecified atom stereocenters. The molecule has 66 heavy (non-hydrogen) atoms. The fourth-order valence-electron chi connectivity index (χ4n) is 8.42. The van der Waals surface area contributed by atoms with Crippen LogP contribution in [0.2, 0.25) is 15.1 Å². The van der Waals surface area contributed by atoms with Crippen LogP contribution in [0, 0.1) is 40.9 Å². The van der Waals surface area contributed by atoms with Crippen LogP contribution in [0.5, 0.6) is 11.5 Å². The van der Waals surface area contributed by atoms with Gasteiger partial charge in [-0.25, -0.2) is 22.0 Å². The van der Waals surface area contributed by atoms with Crippen LogP contribution < -0.4 is 18.9 Å². The van der Waals surface area contributed by atoms with Crippen LogP contribution in [-0.2, 0) is 13.1 Å². The molecule has 356 valence electrons. The van der Waals surface area contributed by atoms with E-state index in [2.05, 4.69) is 19.2 Å². The highest BCUT2D eigenvalue weighted by Crippen LogP contribution is 2.46. The number of nitrogens with one attached hydrogen (secondary N) is 2. The highest BCUT2D eigenvalue weighted by molar-refractivity contribution is 7.97. The Balaban J connectivity index is 0.000000196. The molecule has 2 heterocycles. The van der Waals surface area contributed by atoms with Crippen LogP contribution in [0.3, 0.4) is 0 Å². The normalized spacial score (nSPS) is 17.2. The van der Waals surface area contributed by atoms with Crippen LogP contribution in [0.25, 0.3) is 0 Å². The van der Waals surface area contributed by atoms with E-state index in [0.29, 0.717) is 67.0 Å². The van der Waals surface area contributed by atoms with Crippen molar-refractivity contribution in [2.24, 2.45) is 11.8 Å². The third-order valence-electron chi connectivity index (χ3n) is 12.4. The number of amides is 2. The summed E-state index contributed by atoms with van der Waals surface area (Å²) in [5.74, 6) is -2.17. The molecule has 0 aromatic heterocycles. The van der Waals surface area contributed by atoms with Crippen LogP contribution in [-0.4, -0.2) is 73.5 Å². The first-order valence-corrected chi connectivity index (χ1v) is 25.6. The maximum absolute atomic E-state index is 14.6. The van der Waals surface area contributed by atoms with E-state index in [1.807, 2.05) is 0 Å². The van der Waals surface area contributed by atoms with E-state index >= 15 is 0 Å². The molecule has 0 atom stereocenters. The number of halogens is 8. The standard InChI is InChI=1S/C24H26Cl2F2N2O2S.C24H26ClF3N2O2S/c1-33-29-24(31)18-10-17(16-2-3-16)22(11-21(18)27)32-13-14-4-6-30(7-5-14)12-15-8-19(25)23(28)20(26)9-15;1-33-29-24(31)18-10-17(16-2-3-16)22(11-20(18)26)32-13-14-4-6-30(7-5-14)12-15-8-19(25)23(28)21(27)9-15/h2*8-11,14,16H,2-7,12-13H2,1H3,(H,29,31). The van der Waals surface area contributed by atoms with Crippen molar-refractivity contribution in [3.8, 4) is 11.5 Å². The topological polar surface area (TPSA) is 83.1 Å². The summed E-state index contributed by atoms with van der Waals surface area (Å²) in [6.07, 6.45) is 11.2. The molecule has 2 amide bonds. The smallest absolute Gasteiger partial charge is 0.264 e. The van der Waals surface area contributed by atoms with Gasteiger partial charge in [-0.3, -0.25) is 28.8 Å². The maximum atomic E-state index is 14.6. The average molecular weight is 1010 g/mol. The molecule has 8 nitrogen and oxygen atoms in total. The van der Waals surface area contributed by atoms with E-state index < -0.39 is 40.9 Å². The monoisotopic (exact) mass is 1010 g/mol. The number of hydrogen-bond acceptors (Lipinski definition) is 8. The lowest BCUT2D eigenvalue weighted by molar-refractivity contribution is 0.0971. The van der Waals surface area contributed by atoms with E-state index in [4.69, 9.17) is 44.3 Å². The Bertz CT molecular complexity index is 2170. The van der Waals surface area contributed by atoms with Crippen LogP contribution in [0.4, 0.5) is 22.0 Å². The molecule has 18 heteroatoms. The molecular formula is C48H52Cl3F5N4O4S2. The van der Waals surface area contributed by atoms with Gasteiger partial charge in [0.15, 0.2) is 17.5 Å². The van der Waals surface area contributed by atoms with E-state index in [1.54, 1.807) is 36.8 Å². The zero-order chi connectivity index (χ0) is 47.1. The number of ether oxygens (including phenoxy) is 2. The molecule has 4 aromatic rings. The average Bonchev–Trinajstić information content (AvgIpc) is 4.23. The predicted octanol–water partition coefficient (Wildman–Crippen LogP) is 12.4. The molecule has 8 rings (SSSR count). The molecule has 0 radical (unpaired) electrons. The fraction of sp³-hybridized carbons (Fsp3) is 0.458. The molecule has 4 aromatic carbocycles. The van der Waals surface area contributed by atoms with Crippen molar-refractivity contribution < 1.29 is 41.0 Å². The Morgan fingerprint density at radius 3 is 1.30 bits per heavy atom. The van der Waals surface area contributed by atoms with Gasteiger partial charge in [-0.1, -0.05) is 58.7 Å². The van der Waals surface area contributed by atoms with Gasteiger partial charge < -0.3 is 9.47 Å². The molecule has 0 bridgehead atoms. The van der Waals surface area contributed by atoms with Crippen molar-refractivity contribution in [3.05, 3.63) is 126 Å². The van der Waals surface area contributed by atoms with Crippen molar-refractivity contribution >= 4 is 70.5 Å². The van der Waals surface area contributed by atoms with Gasteiger partial charge in [0.05, 0.1) is 39.4 Å². The summed E-state index contributed by atoms with van der Waals surface area (Å²) in [7, 11) is 0. The molecule has 4 fully saturated rings. The summed E-state index contributed by atoms with van der Waals surface area (Å²) in [6, 6.07) is 11.9. The van der Waals surface area contributed by atoms with E-state index in [1.165, 1.54) is 24.3 Å². The maximum Gasteiger partial charge on any atom is 0.264 e. The molecule has 2 N–H and O–H groups in total. The number of nitrogens with zero attached hydrogens (tertiary/aromatic N) is 2. The summed E-state index contributed by atoms with van der Waals surface area (Å²) >= 11 is 19.9. The molecule has 2 saturated heterocycles. The Hall–Kier alpha value is -3.44. The fourth-order valence-corrected chi connectivity index (χ4v) is 9.77. The van der Waals surface area contributed by atoms with Crippen molar-refractivity contribution in [3.63, 3.8) is 0 Å². The van der Waals surface area contributed by atoms with Crippen molar-refractivity contribution in [1.29, 1.82) is 0 Å². The highest BCUT2D eigenvalue weighted by atomic mass is 35.5. The van der Waals surface area contributed by atoms with Gasteiger partial charge in [0.25, 0.3) is 11.8 Å². The van der Waals surface area contributed by atoms with E-state index in [0.717, 1.165) is 118 Å². The van der Waals surface area contributed by atoms with Gasteiger partial charge in [-0.15, -0.1) is 0 Å². The zero-order valence-electron chi connectivity index (χ0n) is 36.6. The number of piperidine rings is 2. The molecular weight excluding hydrogens is 962 g/mol. The third kappa shape index (κ3) is 13.4. The lowest BCUT2D eigenvalue weighted by Crippen LogP contribution is -2.35. The second-order valence-corrected chi connectivity index (χ2v) is 19.8. The Labute approximate surface area is 406 Å². The number of carbonyl (C=O) groups excluding carboxylic acids is 2. The second-order valence-electron chi connectivity index (χ2n) is 17.4. The Morgan fingerprint density at radius 1 is 0.561 bits per heavy atom. The summed E-state index contributed by atoms with van der Waals surface area (Å²) < 4.78 is 87.1. The second kappa shape index (κ2) is 23.2. The van der Waals surface area contributed by atoms with Gasteiger partial charge in [0.1, 0.15) is 23.1 Å². The molecule has 0 spiro atoms. The third-order valence-corrected chi connectivity index (χ3v) is 14.0. The minimum atomic E-state index is -1.02. The summed E-state index contributed by atoms with van der Waals surface area (Å²) in [5, 5.41) is -0.128. The van der Waals surface area contributed by atoms with Crippen LogP contribution in [0.15, 0.2) is 48.5 Å². The van der Waals surface area contributed by atoms with Crippen molar-refractivity contribution in [2.45, 2.75) is 76.3 Å². The van der Waals surface area contributed by atoms with Crippen molar-refractivity contribution in [1.82, 2.24) is 19.2 Å². The summed E-state index contributed by atoms with van der Waals surface area (Å²) in [5.41, 5.74) is 3.46. The van der Waals surface area contributed by atoms with Crippen LogP contribution in [0.1, 0.15) is 106 Å².